The molecule has 0 aliphatic carbocycles. The van der Waals surface area contributed by atoms with Crippen molar-refractivity contribution in [1.82, 2.24) is 10.6 Å². The van der Waals surface area contributed by atoms with E-state index in [1.54, 1.807) is 0 Å². The van der Waals surface area contributed by atoms with Gasteiger partial charge in [-0.25, -0.2) is 4.57 Å². The molecule has 0 saturated heterocycles. The van der Waals surface area contributed by atoms with Gasteiger partial charge in [-0.3, -0.25) is 14.1 Å². The molecule has 31 heavy (non-hydrogen) atoms. The van der Waals surface area contributed by atoms with Crippen LogP contribution in [0.5, 0.6) is 0 Å². The van der Waals surface area contributed by atoms with Crippen molar-refractivity contribution in [3.8, 4) is 0 Å². The molecule has 1 aromatic carbocycles. The smallest absolute Gasteiger partial charge is 0.358 e. The van der Waals surface area contributed by atoms with Crippen LogP contribution in [0.2, 0.25) is 0 Å². The monoisotopic (exact) mass is 459 g/mol. The van der Waals surface area contributed by atoms with Crippen molar-refractivity contribution in [2.24, 2.45) is 5.73 Å². The second-order valence-corrected chi connectivity index (χ2v) is 8.37. The lowest BCUT2D eigenvalue weighted by molar-refractivity contribution is -0.368. The zero-order valence-electron chi connectivity index (χ0n) is 17.5. The molecule has 0 aromatic heterocycles. The summed E-state index contributed by atoms with van der Waals surface area (Å²) in [6.45, 7) is 1.89. The van der Waals surface area contributed by atoms with Crippen LogP contribution in [0, 0.1) is 0 Å². The number of carbonyl (C=O) groups excluding carboxylic acids is 3. The number of nitrogens with one attached hydrogen (secondary N) is 2. The lowest BCUT2D eigenvalue weighted by atomic mass is 10.0. The minimum atomic E-state index is -4.85. The normalized spacial score (nSPS) is 15.4. The highest BCUT2D eigenvalue weighted by atomic mass is 31.2. The molecule has 0 unspecified atom stereocenters. The van der Waals surface area contributed by atoms with Crippen molar-refractivity contribution in [1.29, 1.82) is 0 Å². The molecule has 12 heteroatoms. The zero-order chi connectivity index (χ0) is 23.4. The summed E-state index contributed by atoms with van der Waals surface area (Å²) in [5, 5.41) is 4.97. The zero-order valence-corrected chi connectivity index (χ0v) is 18.4. The molecule has 1 aromatic rings. The quantitative estimate of drug-likeness (QED) is 0.111. The van der Waals surface area contributed by atoms with Crippen molar-refractivity contribution >= 4 is 25.9 Å². The Labute approximate surface area is 181 Å². The molecule has 0 bridgehead atoms. The number of benzene rings is 1. The molecule has 1 rings (SSSR count). The van der Waals surface area contributed by atoms with Gasteiger partial charge in [0.1, 0.15) is 18.4 Å². The second kappa shape index (κ2) is 13.3. The van der Waals surface area contributed by atoms with Gasteiger partial charge in [0.05, 0.1) is 18.7 Å². The molecule has 0 heterocycles. The Bertz CT molecular complexity index is 759. The summed E-state index contributed by atoms with van der Waals surface area (Å²) in [5.41, 5.74) is 10.6. The molecule has 174 valence electrons. The second-order valence-electron chi connectivity index (χ2n) is 7.18. The number of unbranched alkanes of at least 4 members (excludes halogenated alkanes) is 1. The molecule has 0 radical (unpaired) electrons. The fourth-order valence-electron chi connectivity index (χ4n) is 2.84. The van der Waals surface area contributed by atoms with E-state index in [1.807, 2.05) is 30.3 Å². The van der Waals surface area contributed by atoms with Gasteiger partial charge in [0.2, 0.25) is 11.8 Å². The molecule has 4 atom stereocenters. The van der Waals surface area contributed by atoms with Crippen LogP contribution >= 0.6 is 7.82 Å². The first-order valence-electron chi connectivity index (χ1n) is 9.96. The molecule has 0 fully saturated rings. The Morgan fingerprint density at radius 2 is 1.84 bits per heavy atom. The van der Waals surface area contributed by atoms with E-state index in [4.69, 9.17) is 15.5 Å². The van der Waals surface area contributed by atoms with Crippen LogP contribution in [-0.4, -0.2) is 58.7 Å². The van der Waals surface area contributed by atoms with Crippen LogP contribution in [-0.2, 0) is 29.9 Å². The maximum absolute atomic E-state index is 12.7. The van der Waals surface area contributed by atoms with Crippen molar-refractivity contribution in [3.63, 3.8) is 0 Å². The van der Waals surface area contributed by atoms with Gasteiger partial charge in [0.15, 0.2) is 0 Å². The molecule has 2 amide bonds. The molecular formula is C19H32N4O7P+. The van der Waals surface area contributed by atoms with Crippen LogP contribution in [0.4, 0.5) is 0 Å². The first-order valence-corrected chi connectivity index (χ1v) is 11.5. The van der Waals surface area contributed by atoms with E-state index in [1.165, 1.54) is 6.92 Å². The van der Waals surface area contributed by atoms with Gasteiger partial charge >= 0.3 is 7.82 Å². The Hall–Kier alpha value is -2.14. The lowest BCUT2D eigenvalue weighted by Crippen LogP contribution is -2.55. The number of carbonyl (C=O) groups is 3. The summed E-state index contributed by atoms with van der Waals surface area (Å²) in [6, 6.07) is 6.00. The Kier molecular flexibility index (Phi) is 11.5. The predicted molar refractivity (Wildman–Crippen MR) is 112 cm³/mol. The summed E-state index contributed by atoms with van der Waals surface area (Å²) < 4.78 is 15.5. The van der Waals surface area contributed by atoms with Crippen molar-refractivity contribution < 1.29 is 39.0 Å². The highest BCUT2D eigenvalue weighted by Gasteiger charge is 2.30. The van der Waals surface area contributed by atoms with Crippen LogP contribution in [0.25, 0.3) is 0 Å². The minimum absolute atomic E-state index is 0.282. The predicted octanol–water partition coefficient (Wildman–Crippen LogP) is -1.37. The van der Waals surface area contributed by atoms with Crippen LogP contribution < -0.4 is 22.1 Å². The van der Waals surface area contributed by atoms with Crippen molar-refractivity contribution in [2.45, 2.75) is 56.8 Å². The van der Waals surface area contributed by atoms with E-state index in [-0.39, 0.29) is 12.8 Å². The number of hydrogen-bond donors (Lipinski definition) is 6. The van der Waals surface area contributed by atoms with E-state index in [0.29, 0.717) is 19.3 Å². The first kappa shape index (κ1) is 26.9. The summed E-state index contributed by atoms with van der Waals surface area (Å²) in [4.78, 5) is 54.4. The van der Waals surface area contributed by atoms with Crippen LogP contribution in [0.3, 0.4) is 0 Å². The van der Waals surface area contributed by atoms with E-state index in [2.05, 4.69) is 20.9 Å². The average Bonchev–Trinajstić information content (AvgIpc) is 2.70. The third kappa shape index (κ3) is 10.6. The minimum Gasteiger partial charge on any atom is -0.358 e. The fourth-order valence-corrected chi connectivity index (χ4v) is 3.41. The molecule has 0 aliphatic heterocycles. The molecule has 0 aliphatic rings. The number of aldehydes is 1. The number of phosphoric acid groups is 1. The third-order valence-electron chi connectivity index (χ3n) is 4.53. The SMILES string of the molecule is C[C@@H](OP(=O)(O)O)[C@@H](C=O)NC(=O)[C@H](CCCC[NH3+])NC(=O)[C@@H](N)Cc1ccccc1. The number of phosphoric ester groups is 1. The highest BCUT2D eigenvalue weighted by Crippen LogP contribution is 2.37. The molecule has 11 nitrogen and oxygen atoms in total. The number of quaternary nitrogens is 1. The molecule has 0 spiro atoms. The summed E-state index contributed by atoms with van der Waals surface area (Å²) in [6.07, 6.45) is 0.919. The fraction of sp³-hybridized carbons (Fsp3) is 0.526. The molecule has 0 saturated carbocycles. The van der Waals surface area contributed by atoms with Crippen molar-refractivity contribution in [2.75, 3.05) is 6.54 Å². The van der Waals surface area contributed by atoms with E-state index in [0.717, 1.165) is 12.0 Å². The van der Waals surface area contributed by atoms with Gasteiger partial charge in [-0.15, -0.1) is 0 Å². The maximum Gasteiger partial charge on any atom is 0.469 e. The molecule has 9 N–H and O–H groups in total. The Morgan fingerprint density at radius 3 is 2.39 bits per heavy atom. The lowest BCUT2D eigenvalue weighted by Gasteiger charge is -2.25. The van der Waals surface area contributed by atoms with E-state index < -0.39 is 43.9 Å². The van der Waals surface area contributed by atoms with Gasteiger partial charge in [0, 0.05) is 0 Å². The number of rotatable bonds is 14. The summed E-state index contributed by atoms with van der Waals surface area (Å²) >= 11 is 0. The van der Waals surface area contributed by atoms with Gasteiger partial charge in [-0.2, -0.15) is 0 Å². The van der Waals surface area contributed by atoms with Gasteiger partial charge < -0.3 is 36.7 Å². The number of hydrogen-bond acceptors (Lipinski definition) is 6. The average molecular weight is 459 g/mol. The van der Waals surface area contributed by atoms with E-state index in [9.17, 15) is 18.9 Å². The van der Waals surface area contributed by atoms with Gasteiger partial charge in [0.25, 0.3) is 0 Å². The van der Waals surface area contributed by atoms with Crippen molar-refractivity contribution in [3.05, 3.63) is 35.9 Å². The van der Waals surface area contributed by atoms with Gasteiger partial charge in [-0.1, -0.05) is 30.3 Å². The first-order chi connectivity index (χ1) is 14.6. The summed E-state index contributed by atoms with van der Waals surface area (Å²) in [7, 11) is -4.85. The largest absolute Gasteiger partial charge is 0.469 e. The Balaban J connectivity index is 2.80. The number of amides is 2. The summed E-state index contributed by atoms with van der Waals surface area (Å²) in [5.74, 6) is -1.21. The van der Waals surface area contributed by atoms with Crippen LogP contribution in [0.15, 0.2) is 30.3 Å². The maximum atomic E-state index is 12.7. The Morgan fingerprint density at radius 1 is 1.19 bits per heavy atom. The van der Waals surface area contributed by atoms with Gasteiger partial charge in [-0.05, 0) is 38.2 Å². The number of nitrogens with two attached hydrogens (primary N) is 1. The van der Waals surface area contributed by atoms with Crippen LogP contribution in [0.1, 0.15) is 31.7 Å². The molecular weight excluding hydrogens is 427 g/mol. The van der Waals surface area contributed by atoms with E-state index >= 15 is 0 Å². The third-order valence-corrected chi connectivity index (χ3v) is 5.13. The topological polar surface area (TPSA) is 196 Å². The highest BCUT2D eigenvalue weighted by molar-refractivity contribution is 7.46. The standard InChI is InChI=1S/C19H31N4O7P/c1-13(30-31(27,28)29)17(12-24)23-19(26)16(9-5-6-10-20)22-18(25)15(21)11-14-7-3-2-4-8-14/h2-4,7-8,12-13,15-17H,5-6,9-11,20-21H2,1H3,(H,22,25)(H,23,26)(H2,27,28,29)/p+1/t13-,15+,16+,17-/m1/s1.